The number of primary amides is 1. The average molecular weight is 454 g/mol. The summed E-state index contributed by atoms with van der Waals surface area (Å²) >= 11 is 0. The quantitative estimate of drug-likeness (QED) is 0.401. The molecule has 3 N–H and O–H groups in total. The van der Waals surface area contributed by atoms with Crippen molar-refractivity contribution < 1.29 is 14.3 Å². The molecule has 0 saturated carbocycles. The molecule has 34 heavy (non-hydrogen) atoms. The van der Waals surface area contributed by atoms with Gasteiger partial charge in [-0.3, -0.25) is 14.3 Å². The lowest BCUT2D eigenvalue weighted by Crippen LogP contribution is -2.13. The van der Waals surface area contributed by atoms with Crippen LogP contribution in [0.15, 0.2) is 79.4 Å². The third-order valence-electron chi connectivity index (χ3n) is 5.12. The van der Waals surface area contributed by atoms with E-state index in [1.807, 2.05) is 43.3 Å². The van der Waals surface area contributed by atoms with Crippen LogP contribution in [-0.4, -0.2) is 26.6 Å². The van der Waals surface area contributed by atoms with Crippen molar-refractivity contribution in [3.05, 3.63) is 90.8 Å². The second kappa shape index (κ2) is 9.41. The Morgan fingerprint density at radius 2 is 1.71 bits per heavy atom. The van der Waals surface area contributed by atoms with E-state index in [1.165, 1.54) is 6.08 Å². The van der Waals surface area contributed by atoms with Crippen LogP contribution < -0.4 is 15.8 Å². The van der Waals surface area contributed by atoms with Gasteiger partial charge in [0.15, 0.2) is 5.69 Å². The summed E-state index contributed by atoms with van der Waals surface area (Å²) in [4.78, 5) is 28.1. The second-order valence-electron chi connectivity index (χ2n) is 7.57. The van der Waals surface area contributed by atoms with Crippen molar-refractivity contribution in [3.8, 4) is 34.0 Å². The topological polar surface area (TPSA) is 112 Å². The molecule has 0 saturated heterocycles. The zero-order chi connectivity index (χ0) is 24.2. The number of carbonyl (C=O) groups excluding carboxylic acids is 2. The van der Waals surface area contributed by atoms with Crippen molar-refractivity contribution >= 4 is 17.5 Å². The first-order valence-electron chi connectivity index (χ1n) is 10.5. The van der Waals surface area contributed by atoms with Gasteiger partial charge in [-0.25, -0.2) is 4.98 Å². The lowest BCUT2D eigenvalue weighted by molar-refractivity contribution is -0.111. The molecular formula is C26H23N5O3. The highest BCUT2D eigenvalue weighted by atomic mass is 16.5. The van der Waals surface area contributed by atoms with E-state index in [0.29, 0.717) is 28.6 Å². The van der Waals surface area contributed by atoms with E-state index in [2.05, 4.69) is 22.0 Å². The Morgan fingerprint density at radius 1 is 1.03 bits per heavy atom. The van der Waals surface area contributed by atoms with Crippen molar-refractivity contribution in [2.45, 2.75) is 6.92 Å². The van der Waals surface area contributed by atoms with E-state index < -0.39 is 5.91 Å². The maximum absolute atomic E-state index is 12.2. The summed E-state index contributed by atoms with van der Waals surface area (Å²) in [5.41, 5.74) is 10.2. The molecule has 2 heterocycles. The molecule has 0 fully saturated rings. The van der Waals surface area contributed by atoms with Crippen LogP contribution in [0, 0.1) is 6.92 Å². The van der Waals surface area contributed by atoms with Crippen LogP contribution in [0.5, 0.6) is 11.6 Å². The zero-order valence-corrected chi connectivity index (χ0v) is 18.8. The number of aromatic nitrogens is 3. The fraction of sp³-hybridized carbons (Fsp3) is 0.0769. The number of pyridine rings is 1. The first-order chi connectivity index (χ1) is 16.4. The summed E-state index contributed by atoms with van der Waals surface area (Å²) < 4.78 is 7.46. The van der Waals surface area contributed by atoms with E-state index in [-0.39, 0.29) is 11.6 Å². The number of hydrogen-bond donors (Lipinski definition) is 2. The summed E-state index contributed by atoms with van der Waals surface area (Å²) in [6.07, 6.45) is 1.20. The van der Waals surface area contributed by atoms with Gasteiger partial charge < -0.3 is 15.8 Å². The average Bonchev–Trinajstić information content (AvgIpc) is 3.17. The molecule has 0 atom stereocenters. The number of carbonyl (C=O) groups is 2. The van der Waals surface area contributed by atoms with E-state index in [1.54, 1.807) is 42.1 Å². The molecule has 170 valence electrons. The van der Waals surface area contributed by atoms with Crippen LogP contribution in [0.3, 0.4) is 0 Å². The van der Waals surface area contributed by atoms with Crippen molar-refractivity contribution in [1.29, 1.82) is 0 Å². The standard InChI is InChI=1S/C26H23N5O3/c1-4-21(32)29-19-12-8-18(9-13-19)25-23(24(26(27)33)30-31(25)3)17-10-14-20(15-11-17)34-22-7-5-6-16(2)28-22/h4-15H,1H2,2-3H3,(H2,27,33)(H,29,32). The molecule has 2 aromatic heterocycles. The summed E-state index contributed by atoms with van der Waals surface area (Å²) in [5.74, 6) is 0.177. The van der Waals surface area contributed by atoms with Crippen molar-refractivity contribution in [1.82, 2.24) is 14.8 Å². The number of anilines is 1. The van der Waals surface area contributed by atoms with Gasteiger partial charge in [0.05, 0.1) is 5.69 Å². The Morgan fingerprint density at radius 3 is 2.32 bits per heavy atom. The molecule has 2 aromatic carbocycles. The second-order valence-corrected chi connectivity index (χ2v) is 7.57. The van der Waals surface area contributed by atoms with Crippen LogP contribution in [0.25, 0.3) is 22.4 Å². The van der Waals surface area contributed by atoms with Crippen LogP contribution in [0.1, 0.15) is 16.2 Å². The smallest absolute Gasteiger partial charge is 0.269 e. The van der Waals surface area contributed by atoms with Crippen LogP contribution in [-0.2, 0) is 11.8 Å². The van der Waals surface area contributed by atoms with Crippen molar-refractivity contribution in [2.24, 2.45) is 12.8 Å². The number of benzene rings is 2. The number of hydrogen-bond acceptors (Lipinski definition) is 5. The van der Waals surface area contributed by atoms with E-state index in [4.69, 9.17) is 10.5 Å². The van der Waals surface area contributed by atoms with E-state index in [0.717, 1.165) is 16.8 Å². The maximum atomic E-state index is 12.2. The molecule has 0 aliphatic rings. The normalized spacial score (nSPS) is 10.5. The monoisotopic (exact) mass is 453 g/mol. The Kier molecular flexibility index (Phi) is 6.22. The number of rotatable bonds is 7. The number of amides is 2. The summed E-state index contributed by atoms with van der Waals surface area (Å²) in [6.45, 7) is 5.35. The van der Waals surface area contributed by atoms with Gasteiger partial charge >= 0.3 is 0 Å². The summed E-state index contributed by atoms with van der Waals surface area (Å²) in [5, 5.41) is 7.08. The summed E-state index contributed by atoms with van der Waals surface area (Å²) in [6, 6.07) is 20.1. The number of nitrogens with one attached hydrogen (secondary N) is 1. The number of aryl methyl sites for hydroxylation is 2. The van der Waals surface area contributed by atoms with Gasteiger partial charge in [0.2, 0.25) is 11.8 Å². The van der Waals surface area contributed by atoms with Gasteiger partial charge in [-0.05, 0) is 48.9 Å². The van der Waals surface area contributed by atoms with Gasteiger partial charge in [-0.1, -0.05) is 36.9 Å². The van der Waals surface area contributed by atoms with Crippen molar-refractivity contribution in [3.63, 3.8) is 0 Å². The third kappa shape index (κ3) is 4.71. The number of nitrogens with two attached hydrogens (primary N) is 1. The highest BCUT2D eigenvalue weighted by molar-refractivity contribution is 6.02. The molecule has 2 amide bonds. The van der Waals surface area contributed by atoms with Crippen molar-refractivity contribution in [2.75, 3.05) is 5.32 Å². The Labute approximate surface area is 196 Å². The Hall–Kier alpha value is -4.72. The molecule has 0 spiro atoms. The molecule has 0 bridgehead atoms. The highest BCUT2D eigenvalue weighted by Crippen LogP contribution is 2.36. The SMILES string of the molecule is C=CC(=O)Nc1ccc(-c2c(-c3ccc(Oc4cccc(C)n4)cc3)c(C(N)=O)nn2C)cc1. The van der Waals surface area contributed by atoms with Gasteiger partial charge in [-0.15, -0.1) is 0 Å². The molecule has 4 rings (SSSR count). The largest absolute Gasteiger partial charge is 0.439 e. The van der Waals surface area contributed by atoms with Gasteiger partial charge in [0.25, 0.3) is 5.91 Å². The van der Waals surface area contributed by atoms with E-state index >= 15 is 0 Å². The lowest BCUT2D eigenvalue weighted by Gasteiger charge is -2.10. The zero-order valence-electron chi connectivity index (χ0n) is 18.8. The van der Waals surface area contributed by atoms with Gasteiger partial charge in [0.1, 0.15) is 5.75 Å². The Bertz CT molecular complexity index is 1370. The minimum absolute atomic E-state index is 0.163. The predicted molar refractivity (Wildman–Crippen MR) is 130 cm³/mol. The molecule has 0 aliphatic carbocycles. The molecule has 0 aliphatic heterocycles. The number of ether oxygens (including phenoxy) is 1. The third-order valence-corrected chi connectivity index (χ3v) is 5.12. The predicted octanol–water partition coefficient (Wildman–Crippen LogP) is 4.47. The Balaban J connectivity index is 1.71. The maximum Gasteiger partial charge on any atom is 0.269 e. The minimum atomic E-state index is -0.629. The van der Waals surface area contributed by atoms with Gasteiger partial charge in [-0.2, -0.15) is 5.10 Å². The van der Waals surface area contributed by atoms with Crippen LogP contribution in [0.4, 0.5) is 5.69 Å². The highest BCUT2D eigenvalue weighted by Gasteiger charge is 2.22. The molecule has 8 nitrogen and oxygen atoms in total. The van der Waals surface area contributed by atoms with Crippen LogP contribution >= 0.6 is 0 Å². The minimum Gasteiger partial charge on any atom is -0.439 e. The molecule has 4 aromatic rings. The molecule has 8 heteroatoms. The fourth-order valence-corrected chi connectivity index (χ4v) is 3.59. The van der Waals surface area contributed by atoms with Gasteiger partial charge in [0, 0.05) is 35.6 Å². The lowest BCUT2D eigenvalue weighted by atomic mass is 9.98. The van der Waals surface area contributed by atoms with Crippen LogP contribution in [0.2, 0.25) is 0 Å². The summed E-state index contributed by atoms with van der Waals surface area (Å²) in [7, 11) is 1.75. The fourth-order valence-electron chi connectivity index (χ4n) is 3.59. The number of nitrogens with zero attached hydrogens (tertiary/aromatic N) is 3. The molecule has 0 radical (unpaired) electrons. The first kappa shape index (κ1) is 22.5. The van der Waals surface area contributed by atoms with E-state index in [9.17, 15) is 9.59 Å². The molecular weight excluding hydrogens is 430 g/mol. The first-order valence-corrected chi connectivity index (χ1v) is 10.5. The molecule has 0 unspecified atom stereocenters.